The SMILES string of the molecule is CN(Cc1ccccc1)Cc1cccc(CO)c1. The van der Waals surface area contributed by atoms with E-state index in [1.807, 2.05) is 18.2 Å². The van der Waals surface area contributed by atoms with Crippen molar-refractivity contribution >= 4 is 0 Å². The minimum absolute atomic E-state index is 0.107. The highest BCUT2D eigenvalue weighted by Crippen LogP contribution is 2.10. The lowest BCUT2D eigenvalue weighted by atomic mass is 10.1. The van der Waals surface area contributed by atoms with Crippen molar-refractivity contribution in [3.8, 4) is 0 Å². The van der Waals surface area contributed by atoms with E-state index in [1.165, 1.54) is 11.1 Å². The van der Waals surface area contributed by atoms with Crippen LogP contribution < -0.4 is 0 Å². The number of rotatable bonds is 5. The van der Waals surface area contributed by atoms with Gasteiger partial charge in [0.05, 0.1) is 6.61 Å². The third-order valence-corrected chi connectivity index (χ3v) is 2.92. The number of benzene rings is 2. The maximum absolute atomic E-state index is 9.12. The van der Waals surface area contributed by atoms with Gasteiger partial charge in [0.2, 0.25) is 0 Å². The summed E-state index contributed by atoms with van der Waals surface area (Å²) in [6.07, 6.45) is 0. The van der Waals surface area contributed by atoms with Gasteiger partial charge in [0.1, 0.15) is 0 Å². The van der Waals surface area contributed by atoms with Gasteiger partial charge in [-0.3, -0.25) is 4.90 Å². The molecule has 0 fully saturated rings. The van der Waals surface area contributed by atoms with Gasteiger partial charge in [-0.1, -0.05) is 54.6 Å². The number of hydrogen-bond acceptors (Lipinski definition) is 2. The van der Waals surface area contributed by atoms with E-state index in [0.717, 1.165) is 18.7 Å². The molecule has 0 saturated heterocycles. The maximum atomic E-state index is 9.12. The van der Waals surface area contributed by atoms with E-state index in [2.05, 4.69) is 48.3 Å². The average Bonchev–Trinajstić information content (AvgIpc) is 2.40. The van der Waals surface area contributed by atoms with Crippen molar-refractivity contribution < 1.29 is 5.11 Å². The Hall–Kier alpha value is -1.64. The zero-order valence-corrected chi connectivity index (χ0v) is 10.7. The lowest BCUT2D eigenvalue weighted by Crippen LogP contribution is -2.17. The van der Waals surface area contributed by atoms with Crippen molar-refractivity contribution in [1.29, 1.82) is 0 Å². The van der Waals surface area contributed by atoms with Gasteiger partial charge in [0, 0.05) is 13.1 Å². The Kier molecular flexibility index (Phi) is 4.51. The molecule has 2 aromatic rings. The first kappa shape index (κ1) is 12.8. The predicted octanol–water partition coefficient (Wildman–Crippen LogP) is 2.81. The Labute approximate surface area is 109 Å². The first-order valence-electron chi connectivity index (χ1n) is 6.19. The van der Waals surface area contributed by atoms with Gasteiger partial charge < -0.3 is 5.11 Å². The molecule has 0 aromatic heterocycles. The summed E-state index contributed by atoms with van der Waals surface area (Å²) in [4.78, 5) is 2.27. The smallest absolute Gasteiger partial charge is 0.0681 e. The fourth-order valence-corrected chi connectivity index (χ4v) is 2.09. The molecule has 0 bridgehead atoms. The van der Waals surface area contributed by atoms with Crippen molar-refractivity contribution in [3.63, 3.8) is 0 Å². The second kappa shape index (κ2) is 6.34. The van der Waals surface area contributed by atoms with Crippen LogP contribution in [0.4, 0.5) is 0 Å². The summed E-state index contributed by atoms with van der Waals surface area (Å²) in [5.41, 5.74) is 3.53. The van der Waals surface area contributed by atoms with Crippen LogP contribution in [-0.2, 0) is 19.7 Å². The molecule has 0 unspecified atom stereocenters. The fraction of sp³-hybridized carbons (Fsp3) is 0.250. The third kappa shape index (κ3) is 3.69. The van der Waals surface area contributed by atoms with Crippen LogP contribution in [0.1, 0.15) is 16.7 Å². The normalized spacial score (nSPS) is 10.8. The first-order valence-corrected chi connectivity index (χ1v) is 6.19. The summed E-state index contributed by atoms with van der Waals surface area (Å²) in [6, 6.07) is 18.5. The summed E-state index contributed by atoms with van der Waals surface area (Å²) in [5, 5.41) is 9.12. The zero-order valence-electron chi connectivity index (χ0n) is 10.7. The van der Waals surface area contributed by atoms with E-state index in [4.69, 9.17) is 5.11 Å². The van der Waals surface area contributed by atoms with Crippen LogP contribution in [0.25, 0.3) is 0 Å². The lowest BCUT2D eigenvalue weighted by Gasteiger charge is -2.17. The molecule has 0 aliphatic heterocycles. The van der Waals surface area contributed by atoms with E-state index in [-0.39, 0.29) is 6.61 Å². The van der Waals surface area contributed by atoms with E-state index in [9.17, 15) is 0 Å². The highest BCUT2D eigenvalue weighted by molar-refractivity contribution is 5.23. The number of aliphatic hydroxyl groups excluding tert-OH is 1. The topological polar surface area (TPSA) is 23.5 Å². The summed E-state index contributed by atoms with van der Waals surface area (Å²) < 4.78 is 0. The molecule has 2 heteroatoms. The van der Waals surface area contributed by atoms with Crippen molar-refractivity contribution in [2.75, 3.05) is 7.05 Å². The van der Waals surface area contributed by atoms with Crippen LogP contribution in [-0.4, -0.2) is 17.1 Å². The van der Waals surface area contributed by atoms with Crippen LogP contribution in [0, 0.1) is 0 Å². The summed E-state index contributed by atoms with van der Waals surface area (Å²) >= 11 is 0. The highest BCUT2D eigenvalue weighted by Gasteiger charge is 2.02. The van der Waals surface area contributed by atoms with Gasteiger partial charge >= 0.3 is 0 Å². The van der Waals surface area contributed by atoms with Gasteiger partial charge in [-0.25, -0.2) is 0 Å². The minimum atomic E-state index is 0.107. The predicted molar refractivity (Wildman–Crippen MR) is 74.0 cm³/mol. The largest absolute Gasteiger partial charge is 0.392 e. The monoisotopic (exact) mass is 241 g/mol. The van der Waals surface area contributed by atoms with Crippen LogP contribution in [0.15, 0.2) is 54.6 Å². The summed E-state index contributed by atoms with van der Waals surface area (Å²) in [5.74, 6) is 0. The molecule has 2 aromatic carbocycles. The van der Waals surface area contributed by atoms with Crippen LogP contribution in [0.3, 0.4) is 0 Å². The molecule has 0 spiro atoms. The van der Waals surface area contributed by atoms with Crippen molar-refractivity contribution in [2.45, 2.75) is 19.7 Å². The third-order valence-electron chi connectivity index (χ3n) is 2.92. The molecular formula is C16H19NO. The summed E-state index contributed by atoms with van der Waals surface area (Å²) in [7, 11) is 2.11. The van der Waals surface area contributed by atoms with Crippen LogP contribution in [0.2, 0.25) is 0 Å². The molecule has 94 valence electrons. The van der Waals surface area contributed by atoms with Crippen molar-refractivity contribution in [3.05, 3.63) is 71.3 Å². The van der Waals surface area contributed by atoms with E-state index >= 15 is 0 Å². The van der Waals surface area contributed by atoms with Gasteiger partial charge in [0.25, 0.3) is 0 Å². The Balaban J connectivity index is 1.96. The Morgan fingerprint density at radius 3 is 2.17 bits per heavy atom. The Morgan fingerprint density at radius 2 is 1.44 bits per heavy atom. The van der Waals surface area contributed by atoms with Crippen molar-refractivity contribution in [2.24, 2.45) is 0 Å². The standard InChI is InChI=1S/C16H19NO/c1-17(11-14-6-3-2-4-7-14)12-15-8-5-9-16(10-15)13-18/h2-10,18H,11-13H2,1H3. The van der Waals surface area contributed by atoms with E-state index < -0.39 is 0 Å². The molecule has 1 N–H and O–H groups in total. The van der Waals surface area contributed by atoms with Crippen molar-refractivity contribution in [1.82, 2.24) is 4.90 Å². The molecular weight excluding hydrogens is 222 g/mol. The Morgan fingerprint density at radius 1 is 0.833 bits per heavy atom. The first-order chi connectivity index (χ1) is 8.78. The lowest BCUT2D eigenvalue weighted by molar-refractivity contribution is 0.281. The maximum Gasteiger partial charge on any atom is 0.0681 e. The van der Waals surface area contributed by atoms with E-state index in [1.54, 1.807) is 0 Å². The molecule has 0 amide bonds. The minimum Gasteiger partial charge on any atom is -0.392 e. The second-order valence-corrected chi connectivity index (χ2v) is 4.64. The molecule has 0 heterocycles. The average molecular weight is 241 g/mol. The highest BCUT2D eigenvalue weighted by atomic mass is 16.3. The molecule has 18 heavy (non-hydrogen) atoms. The van der Waals surface area contributed by atoms with Gasteiger partial charge in [-0.05, 0) is 23.7 Å². The van der Waals surface area contributed by atoms with Gasteiger partial charge in [-0.2, -0.15) is 0 Å². The molecule has 0 radical (unpaired) electrons. The second-order valence-electron chi connectivity index (χ2n) is 4.64. The van der Waals surface area contributed by atoms with Crippen LogP contribution in [0.5, 0.6) is 0 Å². The molecule has 2 nitrogen and oxygen atoms in total. The van der Waals surface area contributed by atoms with Crippen LogP contribution >= 0.6 is 0 Å². The zero-order chi connectivity index (χ0) is 12.8. The Bertz CT molecular complexity index is 481. The quantitative estimate of drug-likeness (QED) is 0.870. The number of hydrogen-bond donors (Lipinski definition) is 1. The number of nitrogens with zero attached hydrogens (tertiary/aromatic N) is 1. The number of aliphatic hydroxyl groups is 1. The summed E-state index contributed by atoms with van der Waals surface area (Å²) in [6.45, 7) is 1.93. The molecule has 0 aliphatic carbocycles. The molecule has 0 aliphatic rings. The molecule has 2 rings (SSSR count). The molecule has 0 atom stereocenters. The van der Waals surface area contributed by atoms with Gasteiger partial charge in [-0.15, -0.1) is 0 Å². The van der Waals surface area contributed by atoms with Gasteiger partial charge in [0.15, 0.2) is 0 Å². The van der Waals surface area contributed by atoms with E-state index in [0.29, 0.717) is 0 Å². The fourth-order valence-electron chi connectivity index (χ4n) is 2.09. The molecule has 0 saturated carbocycles.